The van der Waals surface area contributed by atoms with E-state index < -0.39 is 11.0 Å². The van der Waals surface area contributed by atoms with Gasteiger partial charge in [0.15, 0.2) is 11.0 Å². The van der Waals surface area contributed by atoms with Crippen molar-refractivity contribution < 1.29 is 4.21 Å². The Morgan fingerprint density at radius 1 is 1.27 bits per heavy atom. The summed E-state index contributed by atoms with van der Waals surface area (Å²) in [5.74, 6) is 0.347. The Balaban J connectivity index is 2.86. The molecule has 0 saturated carbocycles. The maximum absolute atomic E-state index is 11.8. The predicted molar refractivity (Wildman–Crippen MR) is 65.5 cm³/mol. The molecule has 1 aromatic carbocycles. The molecule has 0 aliphatic heterocycles. The van der Waals surface area contributed by atoms with Gasteiger partial charge in [-0.3, -0.25) is 0 Å². The summed E-state index contributed by atoms with van der Waals surface area (Å²) in [5, 5.41) is 0. The summed E-state index contributed by atoms with van der Waals surface area (Å²) in [6.45, 7) is 8.02. The second-order valence-corrected chi connectivity index (χ2v) is 5.10. The zero-order valence-corrected chi connectivity index (χ0v) is 10.5. The third kappa shape index (κ3) is 3.59. The predicted octanol–water partition coefficient (Wildman–Crippen LogP) is 3.13. The van der Waals surface area contributed by atoms with Gasteiger partial charge in [0.1, 0.15) is 0 Å². The molecule has 0 N–H and O–H groups in total. The number of hydrogen-bond acceptors (Lipinski definition) is 1. The van der Waals surface area contributed by atoms with Crippen LogP contribution in [0.25, 0.3) is 0 Å². The van der Waals surface area contributed by atoms with E-state index in [1.807, 2.05) is 52.0 Å². The van der Waals surface area contributed by atoms with Crippen LogP contribution in [0.3, 0.4) is 0 Å². The Kier molecular flexibility index (Phi) is 4.21. The molecule has 0 bridgehead atoms. The minimum Gasteiger partial charge on any atom is -0.229 e. The maximum Gasteiger partial charge on any atom is 0.172 e. The van der Waals surface area contributed by atoms with E-state index in [0.29, 0.717) is 5.92 Å². The lowest BCUT2D eigenvalue weighted by Gasteiger charge is -2.03. The molecule has 0 fully saturated rings. The number of benzene rings is 1. The topological polar surface area (TPSA) is 29.4 Å². The lowest BCUT2D eigenvalue weighted by atomic mass is 10.1. The standard InChI is InChI=1S/C12H17NOS/c1-9(2)11(4)13-15(14)12-7-5-10(3)6-8-12/h5-9H,1-4H3/b13-11+/t15-/m0/s1. The Bertz CT molecular complexity index is 379. The van der Waals surface area contributed by atoms with Gasteiger partial charge in [-0.1, -0.05) is 31.5 Å². The monoisotopic (exact) mass is 223 g/mol. The Morgan fingerprint density at radius 3 is 2.27 bits per heavy atom. The number of hydrogen-bond donors (Lipinski definition) is 0. The van der Waals surface area contributed by atoms with E-state index in [-0.39, 0.29) is 0 Å². The smallest absolute Gasteiger partial charge is 0.172 e. The van der Waals surface area contributed by atoms with Crippen LogP contribution < -0.4 is 0 Å². The molecule has 1 aromatic rings. The fourth-order valence-electron chi connectivity index (χ4n) is 0.944. The zero-order valence-electron chi connectivity index (χ0n) is 9.65. The van der Waals surface area contributed by atoms with Gasteiger partial charge in [-0.25, -0.2) is 4.21 Å². The van der Waals surface area contributed by atoms with Gasteiger partial charge in [-0.15, -0.1) is 0 Å². The maximum atomic E-state index is 11.8. The van der Waals surface area contributed by atoms with Gasteiger partial charge in [0.2, 0.25) is 0 Å². The summed E-state index contributed by atoms with van der Waals surface area (Å²) < 4.78 is 16.0. The Labute approximate surface area is 94.0 Å². The van der Waals surface area contributed by atoms with Crippen LogP contribution in [-0.2, 0) is 11.0 Å². The number of rotatable bonds is 3. The van der Waals surface area contributed by atoms with Crippen LogP contribution in [0.5, 0.6) is 0 Å². The average Bonchev–Trinajstić information content (AvgIpc) is 2.18. The molecule has 0 aromatic heterocycles. The number of aryl methyl sites for hydroxylation is 1. The Morgan fingerprint density at radius 2 is 1.80 bits per heavy atom. The van der Waals surface area contributed by atoms with Crippen molar-refractivity contribution >= 4 is 16.7 Å². The summed E-state index contributed by atoms with van der Waals surface area (Å²) in [6.07, 6.45) is 0. The fourth-order valence-corrected chi connectivity index (χ4v) is 1.89. The normalized spacial score (nSPS) is 14.3. The van der Waals surface area contributed by atoms with Gasteiger partial charge in [-0.2, -0.15) is 4.40 Å². The molecule has 0 heterocycles. The van der Waals surface area contributed by atoms with Crippen LogP contribution in [0.4, 0.5) is 0 Å². The van der Waals surface area contributed by atoms with Crippen LogP contribution in [0.2, 0.25) is 0 Å². The van der Waals surface area contributed by atoms with Crippen LogP contribution >= 0.6 is 0 Å². The molecular weight excluding hydrogens is 206 g/mol. The third-order valence-corrected chi connectivity index (χ3v) is 3.41. The van der Waals surface area contributed by atoms with Gasteiger partial charge in [0, 0.05) is 5.71 Å². The largest absolute Gasteiger partial charge is 0.229 e. The molecule has 1 atom stereocenters. The van der Waals surface area contributed by atoms with Crippen molar-refractivity contribution in [2.24, 2.45) is 10.3 Å². The molecule has 2 nitrogen and oxygen atoms in total. The Hall–Kier alpha value is -0.960. The van der Waals surface area contributed by atoms with E-state index in [9.17, 15) is 4.21 Å². The lowest BCUT2D eigenvalue weighted by molar-refractivity contribution is 0.684. The second-order valence-electron chi connectivity index (χ2n) is 3.95. The molecule has 0 unspecified atom stereocenters. The third-order valence-electron chi connectivity index (χ3n) is 2.29. The first-order valence-corrected chi connectivity index (χ1v) is 6.15. The van der Waals surface area contributed by atoms with Crippen molar-refractivity contribution in [2.75, 3.05) is 0 Å². The van der Waals surface area contributed by atoms with Crippen molar-refractivity contribution in [3.63, 3.8) is 0 Å². The summed E-state index contributed by atoms with van der Waals surface area (Å²) in [7, 11) is -1.25. The fraction of sp³-hybridized carbons (Fsp3) is 0.417. The highest BCUT2D eigenvalue weighted by Gasteiger charge is 2.04. The van der Waals surface area contributed by atoms with Crippen LogP contribution in [0, 0.1) is 12.8 Å². The first-order chi connectivity index (χ1) is 7.00. The van der Waals surface area contributed by atoms with Crippen LogP contribution in [0.1, 0.15) is 26.3 Å². The van der Waals surface area contributed by atoms with E-state index >= 15 is 0 Å². The SMILES string of the molecule is C/C(=N\[S@@](=O)c1ccc(C)cc1)C(C)C. The molecule has 0 saturated heterocycles. The highest BCUT2D eigenvalue weighted by atomic mass is 32.2. The van der Waals surface area contributed by atoms with Crippen molar-refractivity contribution in [2.45, 2.75) is 32.6 Å². The van der Waals surface area contributed by atoms with Gasteiger partial charge < -0.3 is 0 Å². The number of nitrogens with zero attached hydrogens (tertiary/aromatic N) is 1. The first-order valence-electron chi connectivity index (χ1n) is 5.04. The van der Waals surface area contributed by atoms with Crippen molar-refractivity contribution in [3.8, 4) is 0 Å². The van der Waals surface area contributed by atoms with Crippen molar-refractivity contribution in [1.82, 2.24) is 0 Å². The van der Waals surface area contributed by atoms with E-state index in [1.165, 1.54) is 5.56 Å². The van der Waals surface area contributed by atoms with Gasteiger partial charge in [0.05, 0.1) is 4.90 Å². The molecule has 3 heteroatoms. The average molecular weight is 223 g/mol. The molecular formula is C12H17NOS. The first kappa shape index (κ1) is 12.1. The molecule has 82 valence electrons. The van der Waals surface area contributed by atoms with Gasteiger partial charge in [0.25, 0.3) is 0 Å². The molecule has 0 aliphatic rings. The van der Waals surface area contributed by atoms with Crippen molar-refractivity contribution in [1.29, 1.82) is 0 Å². The van der Waals surface area contributed by atoms with E-state index in [0.717, 1.165) is 10.6 Å². The van der Waals surface area contributed by atoms with Crippen LogP contribution in [-0.4, -0.2) is 9.92 Å². The highest BCUT2D eigenvalue weighted by molar-refractivity contribution is 7.83. The quantitative estimate of drug-likeness (QED) is 0.724. The molecule has 0 radical (unpaired) electrons. The summed E-state index contributed by atoms with van der Waals surface area (Å²) in [6, 6.07) is 7.63. The van der Waals surface area contributed by atoms with E-state index in [2.05, 4.69) is 4.40 Å². The van der Waals surface area contributed by atoms with Crippen LogP contribution in [0.15, 0.2) is 33.6 Å². The second kappa shape index (κ2) is 5.21. The molecule has 0 amide bonds. The van der Waals surface area contributed by atoms with Gasteiger partial charge >= 0.3 is 0 Å². The molecule has 0 spiro atoms. The minimum atomic E-state index is -1.25. The molecule has 1 rings (SSSR count). The highest BCUT2D eigenvalue weighted by Crippen LogP contribution is 2.10. The molecule has 0 aliphatic carbocycles. The van der Waals surface area contributed by atoms with E-state index in [4.69, 9.17) is 0 Å². The summed E-state index contributed by atoms with van der Waals surface area (Å²) in [5.41, 5.74) is 2.09. The van der Waals surface area contributed by atoms with Crippen molar-refractivity contribution in [3.05, 3.63) is 29.8 Å². The zero-order chi connectivity index (χ0) is 11.4. The van der Waals surface area contributed by atoms with E-state index in [1.54, 1.807) is 0 Å². The van der Waals surface area contributed by atoms with Gasteiger partial charge in [-0.05, 0) is 31.9 Å². The molecule has 15 heavy (non-hydrogen) atoms. The summed E-state index contributed by atoms with van der Waals surface area (Å²) in [4.78, 5) is 0.764. The minimum absolute atomic E-state index is 0.347. The lowest BCUT2D eigenvalue weighted by Crippen LogP contribution is -2.03. The summed E-state index contributed by atoms with van der Waals surface area (Å²) >= 11 is 0.